The number of rotatable bonds is 4. The third-order valence-corrected chi connectivity index (χ3v) is 3.88. The summed E-state index contributed by atoms with van der Waals surface area (Å²) in [7, 11) is 0. The van der Waals surface area contributed by atoms with Gasteiger partial charge in [-0.2, -0.15) is 0 Å². The minimum absolute atomic E-state index is 0.000599. The van der Waals surface area contributed by atoms with E-state index in [0.29, 0.717) is 5.92 Å². The highest BCUT2D eigenvalue weighted by Crippen LogP contribution is 2.34. The van der Waals surface area contributed by atoms with Gasteiger partial charge < -0.3 is 10.4 Å². The average molecular weight is 279 g/mol. The van der Waals surface area contributed by atoms with E-state index < -0.39 is 17.8 Å². The highest BCUT2D eigenvalue weighted by Gasteiger charge is 2.29. The van der Waals surface area contributed by atoms with Gasteiger partial charge in [0, 0.05) is 6.04 Å². The van der Waals surface area contributed by atoms with E-state index in [4.69, 9.17) is 5.11 Å². The maximum absolute atomic E-state index is 12.9. The Bertz CT molecular complexity index is 500. The van der Waals surface area contributed by atoms with Gasteiger partial charge in [0.05, 0.1) is 0 Å². The number of nitrogens with one attached hydrogen (secondary N) is 1. The number of carbonyl (C=O) groups is 2. The van der Waals surface area contributed by atoms with Crippen molar-refractivity contribution in [1.29, 1.82) is 0 Å². The Hall–Kier alpha value is -1.91. The monoisotopic (exact) mass is 279 g/mol. The van der Waals surface area contributed by atoms with Gasteiger partial charge in [-0.3, -0.25) is 9.59 Å². The number of hydrogen-bond acceptors (Lipinski definition) is 2. The molecule has 1 amide bonds. The second-order valence-electron chi connectivity index (χ2n) is 5.33. The number of amides is 1. The smallest absolute Gasteiger partial charge is 0.315 e. The van der Waals surface area contributed by atoms with Crippen LogP contribution in [0.5, 0.6) is 0 Å². The van der Waals surface area contributed by atoms with E-state index in [1.807, 2.05) is 0 Å². The summed E-state index contributed by atoms with van der Waals surface area (Å²) in [6.45, 7) is 1.38. The predicted octanol–water partition coefficient (Wildman–Crippen LogP) is 2.30. The maximum atomic E-state index is 12.9. The zero-order valence-electron chi connectivity index (χ0n) is 11.3. The molecule has 0 heterocycles. The van der Waals surface area contributed by atoms with Crippen molar-refractivity contribution in [3.05, 3.63) is 35.6 Å². The Kier molecular flexibility index (Phi) is 4.37. The van der Waals surface area contributed by atoms with Crippen LogP contribution in [0.4, 0.5) is 4.39 Å². The summed E-state index contributed by atoms with van der Waals surface area (Å²) in [5.41, 5.74) is 1.06. The van der Waals surface area contributed by atoms with Crippen LogP contribution >= 0.6 is 0 Å². The summed E-state index contributed by atoms with van der Waals surface area (Å²) < 4.78 is 12.9. The molecule has 0 spiro atoms. The summed E-state index contributed by atoms with van der Waals surface area (Å²) in [6.07, 6.45) is 2.50. The lowest BCUT2D eigenvalue weighted by Crippen LogP contribution is -2.39. The van der Waals surface area contributed by atoms with Gasteiger partial charge in [-0.25, -0.2) is 4.39 Å². The molecule has 108 valence electrons. The van der Waals surface area contributed by atoms with E-state index >= 15 is 0 Å². The first-order valence-corrected chi connectivity index (χ1v) is 6.76. The summed E-state index contributed by atoms with van der Waals surface area (Å²) >= 11 is 0. The van der Waals surface area contributed by atoms with E-state index in [1.54, 1.807) is 12.1 Å². The minimum Gasteiger partial charge on any atom is -0.481 e. The predicted molar refractivity (Wildman–Crippen MR) is 71.7 cm³/mol. The van der Waals surface area contributed by atoms with Gasteiger partial charge in [0.1, 0.15) is 11.7 Å². The van der Waals surface area contributed by atoms with Crippen molar-refractivity contribution < 1.29 is 19.1 Å². The Balaban J connectivity index is 1.91. The molecular weight excluding hydrogens is 261 g/mol. The van der Waals surface area contributed by atoms with Crippen LogP contribution in [0.1, 0.15) is 37.7 Å². The van der Waals surface area contributed by atoms with Crippen LogP contribution < -0.4 is 5.32 Å². The van der Waals surface area contributed by atoms with Crippen LogP contribution in [-0.2, 0) is 9.59 Å². The number of carbonyl (C=O) groups excluding carboxylic acids is 1. The molecule has 0 aromatic heterocycles. The van der Waals surface area contributed by atoms with E-state index in [0.717, 1.165) is 24.8 Å². The van der Waals surface area contributed by atoms with Crippen LogP contribution in [0.2, 0.25) is 0 Å². The molecule has 1 aliphatic rings. The van der Waals surface area contributed by atoms with Crippen molar-refractivity contribution in [2.24, 2.45) is 5.92 Å². The Morgan fingerprint density at radius 2 is 1.95 bits per heavy atom. The fourth-order valence-electron chi connectivity index (χ4n) is 2.59. The van der Waals surface area contributed by atoms with Gasteiger partial charge in [-0.15, -0.1) is 0 Å². The van der Waals surface area contributed by atoms with Crippen LogP contribution in [0.15, 0.2) is 24.3 Å². The zero-order chi connectivity index (χ0) is 14.7. The molecule has 2 rings (SSSR count). The lowest BCUT2D eigenvalue weighted by molar-refractivity contribution is -0.146. The molecule has 1 aliphatic carbocycles. The van der Waals surface area contributed by atoms with Gasteiger partial charge in [-0.05, 0) is 49.8 Å². The standard InChI is InChI=1S/C15H18FNO3/c1-9(15(19)20)14(18)17-13-7-4-11(8-13)10-2-5-12(16)6-3-10/h2-3,5-6,9,11,13H,4,7-8H2,1H3,(H,17,18)(H,19,20). The van der Waals surface area contributed by atoms with Gasteiger partial charge in [0.2, 0.25) is 5.91 Å². The third-order valence-electron chi connectivity index (χ3n) is 3.88. The number of halogens is 1. The molecule has 0 radical (unpaired) electrons. The average Bonchev–Trinajstić information content (AvgIpc) is 2.87. The fraction of sp³-hybridized carbons (Fsp3) is 0.467. The molecule has 0 saturated heterocycles. The Labute approximate surface area is 117 Å². The highest BCUT2D eigenvalue weighted by atomic mass is 19.1. The van der Waals surface area contributed by atoms with Gasteiger partial charge in [0.15, 0.2) is 0 Å². The molecule has 20 heavy (non-hydrogen) atoms. The molecular formula is C15H18FNO3. The quantitative estimate of drug-likeness (QED) is 0.831. The number of benzene rings is 1. The molecule has 4 nitrogen and oxygen atoms in total. The van der Waals surface area contributed by atoms with Gasteiger partial charge in [-0.1, -0.05) is 12.1 Å². The molecule has 1 fully saturated rings. The molecule has 5 heteroatoms. The van der Waals surface area contributed by atoms with Crippen molar-refractivity contribution in [1.82, 2.24) is 5.32 Å². The second-order valence-corrected chi connectivity index (χ2v) is 5.33. The van der Waals surface area contributed by atoms with Gasteiger partial charge in [0.25, 0.3) is 0 Å². The van der Waals surface area contributed by atoms with Crippen LogP contribution in [-0.4, -0.2) is 23.0 Å². The SMILES string of the molecule is CC(C(=O)O)C(=O)NC1CCC(c2ccc(F)cc2)C1. The zero-order valence-corrected chi connectivity index (χ0v) is 11.3. The van der Waals surface area contributed by atoms with Crippen molar-refractivity contribution >= 4 is 11.9 Å². The topological polar surface area (TPSA) is 66.4 Å². The number of carboxylic acid groups (broad SMARTS) is 1. The first-order chi connectivity index (χ1) is 9.47. The minimum atomic E-state index is -1.12. The summed E-state index contributed by atoms with van der Waals surface area (Å²) in [6, 6.07) is 6.41. The molecule has 2 N–H and O–H groups in total. The molecule has 3 atom stereocenters. The van der Waals surface area contributed by atoms with E-state index in [1.165, 1.54) is 19.1 Å². The molecule has 0 bridgehead atoms. The second kappa shape index (κ2) is 6.03. The van der Waals surface area contributed by atoms with Crippen molar-refractivity contribution in [2.45, 2.75) is 38.1 Å². The fourth-order valence-corrected chi connectivity index (χ4v) is 2.59. The number of hydrogen-bond donors (Lipinski definition) is 2. The Morgan fingerprint density at radius 1 is 1.30 bits per heavy atom. The van der Waals surface area contributed by atoms with Crippen LogP contribution in [0, 0.1) is 11.7 Å². The summed E-state index contributed by atoms with van der Waals surface area (Å²) in [4.78, 5) is 22.4. The van der Waals surface area contributed by atoms with Crippen molar-refractivity contribution in [3.8, 4) is 0 Å². The molecule has 3 unspecified atom stereocenters. The van der Waals surface area contributed by atoms with E-state index in [-0.39, 0.29) is 11.9 Å². The lowest BCUT2D eigenvalue weighted by atomic mass is 9.97. The summed E-state index contributed by atoms with van der Waals surface area (Å²) in [5.74, 6) is -2.55. The summed E-state index contributed by atoms with van der Waals surface area (Å²) in [5, 5.41) is 11.6. The number of carboxylic acids is 1. The lowest BCUT2D eigenvalue weighted by Gasteiger charge is -2.15. The van der Waals surface area contributed by atoms with Crippen molar-refractivity contribution in [2.75, 3.05) is 0 Å². The normalized spacial score (nSPS) is 23.3. The maximum Gasteiger partial charge on any atom is 0.315 e. The third kappa shape index (κ3) is 3.35. The molecule has 1 aromatic carbocycles. The van der Waals surface area contributed by atoms with E-state index in [9.17, 15) is 14.0 Å². The van der Waals surface area contributed by atoms with Crippen molar-refractivity contribution in [3.63, 3.8) is 0 Å². The first-order valence-electron chi connectivity index (χ1n) is 6.76. The van der Waals surface area contributed by atoms with E-state index in [2.05, 4.69) is 5.32 Å². The number of aliphatic carboxylic acids is 1. The highest BCUT2D eigenvalue weighted by molar-refractivity contribution is 5.96. The van der Waals surface area contributed by atoms with Crippen LogP contribution in [0.25, 0.3) is 0 Å². The van der Waals surface area contributed by atoms with Crippen LogP contribution in [0.3, 0.4) is 0 Å². The van der Waals surface area contributed by atoms with Gasteiger partial charge >= 0.3 is 5.97 Å². The molecule has 1 aromatic rings. The largest absolute Gasteiger partial charge is 0.481 e. The molecule has 1 saturated carbocycles. The Morgan fingerprint density at radius 3 is 2.55 bits per heavy atom. The first kappa shape index (κ1) is 14.5. The molecule has 0 aliphatic heterocycles.